The Labute approximate surface area is 194 Å². The number of nitrogens with zero attached hydrogens (tertiary/aromatic N) is 1. The summed E-state index contributed by atoms with van der Waals surface area (Å²) in [6.45, 7) is 4.31. The molecule has 34 heavy (non-hydrogen) atoms. The van der Waals surface area contributed by atoms with E-state index in [0.717, 1.165) is 28.6 Å². The molecule has 2 aromatic rings. The lowest BCUT2D eigenvalue weighted by atomic mass is 10.1. The fourth-order valence-electron chi connectivity index (χ4n) is 3.33. The van der Waals surface area contributed by atoms with Crippen LogP contribution in [0.3, 0.4) is 0 Å². The Bertz CT molecular complexity index is 1160. The van der Waals surface area contributed by atoms with E-state index >= 15 is 0 Å². The second-order valence-electron chi connectivity index (χ2n) is 8.78. The first-order valence-electron chi connectivity index (χ1n) is 10.2. The maximum absolute atomic E-state index is 13.3. The third kappa shape index (κ3) is 5.79. The molecule has 0 aromatic heterocycles. The summed E-state index contributed by atoms with van der Waals surface area (Å²) in [5.74, 6) is -1.42. The van der Waals surface area contributed by atoms with Gasteiger partial charge in [-0.15, -0.1) is 0 Å². The summed E-state index contributed by atoms with van der Waals surface area (Å²) < 4.78 is 91.2. The van der Waals surface area contributed by atoms with Gasteiger partial charge in [-0.25, -0.2) is 12.8 Å². The predicted octanol–water partition coefficient (Wildman–Crippen LogP) is 3.56. The van der Waals surface area contributed by atoms with Gasteiger partial charge < -0.3 is 15.2 Å². The van der Waals surface area contributed by atoms with E-state index in [4.69, 9.17) is 15.2 Å². The number of rotatable bonds is 5. The average molecular weight is 505 g/mol. The summed E-state index contributed by atoms with van der Waals surface area (Å²) in [4.78, 5) is 11.9. The highest BCUT2D eigenvalue weighted by Crippen LogP contribution is 2.40. The Morgan fingerprint density at radius 1 is 1.18 bits per heavy atom. The molecule has 0 bridgehead atoms. The maximum atomic E-state index is 13.3. The molecule has 1 aliphatic rings. The highest BCUT2D eigenvalue weighted by Gasteiger charge is 2.47. The summed E-state index contributed by atoms with van der Waals surface area (Å²) >= 11 is 0. The van der Waals surface area contributed by atoms with Gasteiger partial charge in [0.1, 0.15) is 29.3 Å². The molecule has 2 aromatic carbocycles. The van der Waals surface area contributed by atoms with Crippen LogP contribution in [0.15, 0.2) is 47.4 Å². The molecule has 0 fully saturated rings. The fraction of sp³-hybridized carbons (Fsp3) is 0.409. The van der Waals surface area contributed by atoms with Crippen LogP contribution < -0.4 is 14.8 Å². The molecule has 1 heterocycles. The second kappa shape index (κ2) is 9.06. The number of hydrogen-bond donors (Lipinski definition) is 1. The molecule has 12 heteroatoms. The van der Waals surface area contributed by atoms with Crippen LogP contribution in [0, 0.1) is 5.82 Å². The quantitative estimate of drug-likeness (QED) is 0.494. The SMILES string of the molecule is CC(C)(C)OC(=O)Cc1ccc2c(c1)N(S(=O)(=O)c1ccc(F)cc1)C[C@H]([C@@H](N)C(F)(F)F)O2. The van der Waals surface area contributed by atoms with E-state index in [2.05, 4.69) is 0 Å². The van der Waals surface area contributed by atoms with Gasteiger partial charge in [0.05, 0.1) is 23.5 Å². The molecular formula is C22H24F4N2O5S. The summed E-state index contributed by atoms with van der Waals surface area (Å²) in [7, 11) is -4.43. The van der Waals surface area contributed by atoms with E-state index in [9.17, 15) is 30.8 Å². The number of anilines is 1. The molecule has 7 nitrogen and oxygen atoms in total. The third-order valence-electron chi connectivity index (χ3n) is 4.86. The van der Waals surface area contributed by atoms with Crippen LogP contribution in [0.1, 0.15) is 26.3 Å². The summed E-state index contributed by atoms with van der Waals surface area (Å²) in [6.07, 6.45) is -6.79. The summed E-state index contributed by atoms with van der Waals surface area (Å²) in [5, 5.41) is 0. The molecular weight excluding hydrogens is 480 g/mol. The first-order valence-corrected chi connectivity index (χ1v) is 11.6. The molecule has 0 amide bonds. The Hall–Kier alpha value is -2.86. The van der Waals surface area contributed by atoms with E-state index in [-0.39, 0.29) is 22.8 Å². The molecule has 1 aliphatic heterocycles. The number of hydrogen-bond acceptors (Lipinski definition) is 6. The Morgan fingerprint density at radius 2 is 1.79 bits per heavy atom. The van der Waals surface area contributed by atoms with Crippen LogP contribution in [0.25, 0.3) is 0 Å². The van der Waals surface area contributed by atoms with Crippen LogP contribution in [0.4, 0.5) is 23.2 Å². The minimum absolute atomic E-state index is 0.0731. The minimum atomic E-state index is -4.84. The van der Waals surface area contributed by atoms with Crippen molar-refractivity contribution in [3.8, 4) is 5.75 Å². The highest BCUT2D eigenvalue weighted by molar-refractivity contribution is 7.92. The van der Waals surface area contributed by atoms with E-state index in [0.29, 0.717) is 5.56 Å². The number of carbonyl (C=O) groups is 1. The number of esters is 1. The topological polar surface area (TPSA) is 98.9 Å². The average Bonchev–Trinajstić information content (AvgIpc) is 2.70. The van der Waals surface area contributed by atoms with Gasteiger partial charge in [0.2, 0.25) is 0 Å². The molecule has 2 atom stereocenters. The van der Waals surface area contributed by atoms with E-state index in [1.165, 1.54) is 18.2 Å². The van der Waals surface area contributed by atoms with Crippen molar-refractivity contribution in [1.29, 1.82) is 0 Å². The van der Waals surface area contributed by atoms with Crippen LogP contribution in [-0.2, 0) is 26.0 Å². The Morgan fingerprint density at radius 3 is 2.35 bits per heavy atom. The molecule has 0 radical (unpaired) electrons. The smallest absolute Gasteiger partial charge is 0.407 e. The van der Waals surface area contributed by atoms with E-state index in [1.807, 2.05) is 0 Å². The Kier molecular flexibility index (Phi) is 6.87. The van der Waals surface area contributed by atoms with Gasteiger partial charge in [-0.1, -0.05) is 6.07 Å². The van der Waals surface area contributed by atoms with E-state index < -0.39 is 52.3 Å². The number of halogens is 4. The first-order chi connectivity index (χ1) is 15.6. The number of sulfonamides is 1. The standard InChI is InChI=1S/C22H24F4N2O5S/c1-21(2,3)33-19(29)11-13-4-9-17-16(10-13)28(12-18(32-17)20(27)22(24,25)26)34(30,31)15-7-5-14(23)6-8-15/h4-10,18,20H,11-12,27H2,1-3H3/t18-,20-/m1/s1. The number of carbonyl (C=O) groups excluding carboxylic acids is 1. The largest absolute Gasteiger partial charge is 0.484 e. The van der Waals surface area contributed by atoms with Crippen molar-refractivity contribution in [2.24, 2.45) is 5.73 Å². The van der Waals surface area contributed by atoms with Gasteiger partial charge in [-0.3, -0.25) is 9.10 Å². The number of alkyl halides is 3. The minimum Gasteiger partial charge on any atom is -0.484 e. The Balaban J connectivity index is 2.04. The van der Waals surface area contributed by atoms with Crippen LogP contribution in [-0.4, -0.2) is 44.9 Å². The second-order valence-corrected chi connectivity index (χ2v) is 10.6. The van der Waals surface area contributed by atoms with Gasteiger partial charge in [-0.05, 0) is 62.7 Å². The first kappa shape index (κ1) is 25.8. The maximum Gasteiger partial charge on any atom is 0.407 e. The van der Waals surface area contributed by atoms with Crippen molar-refractivity contribution in [3.63, 3.8) is 0 Å². The monoisotopic (exact) mass is 504 g/mol. The zero-order valence-electron chi connectivity index (χ0n) is 18.6. The van der Waals surface area contributed by atoms with Gasteiger partial charge in [0.15, 0.2) is 0 Å². The van der Waals surface area contributed by atoms with Crippen LogP contribution in [0.2, 0.25) is 0 Å². The summed E-state index contributed by atoms with van der Waals surface area (Å²) in [6, 6.07) is 5.41. The normalized spacial score (nSPS) is 17.5. The molecule has 0 unspecified atom stereocenters. The molecule has 2 N–H and O–H groups in total. The molecule has 0 saturated heterocycles. The molecule has 186 valence electrons. The zero-order valence-corrected chi connectivity index (χ0v) is 19.4. The lowest BCUT2D eigenvalue weighted by molar-refractivity contribution is -0.165. The molecule has 0 spiro atoms. The number of benzene rings is 2. The van der Waals surface area contributed by atoms with Crippen molar-refractivity contribution in [2.45, 2.75) is 56.0 Å². The number of ether oxygens (including phenoxy) is 2. The van der Waals surface area contributed by atoms with Crippen molar-refractivity contribution in [3.05, 3.63) is 53.8 Å². The third-order valence-corrected chi connectivity index (χ3v) is 6.66. The van der Waals surface area contributed by atoms with Crippen LogP contribution in [0.5, 0.6) is 5.75 Å². The van der Waals surface area contributed by atoms with Gasteiger partial charge in [0, 0.05) is 0 Å². The lowest BCUT2D eigenvalue weighted by Gasteiger charge is -2.38. The van der Waals surface area contributed by atoms with Crippen molar-refractivity contribution in [1.82, 2.24) is 0 Å². The number of fused-ring (bicyclic) bond motifs is 1. The summed E-state index contributed by atoms with van der Waals surface area (Å²) in [5.41, 5.74) is 4.86. The van der Waals surface area contributed by atoms with Crippen molar-refractivity contribution in [2.75, 3.05) is 10.8 Å². The van der Waals surface area contributed by atoms with Crippen molar-refractivity contribution < 1.29 is 40.2 Å². The number of nitrogens with two attached hydrogens (primary N) is 1. The van der Waals surface area contributed by atoms with Gasteiger partial charge in [-0.2, -0.15) is 13.2 Å². The van der Waals surface area contributed by atoms with Gasteiger partial charge >= 0.3 is 12.1 Å². The fourth-order valence-corrected chi connectivity index (χ4v) is 4.81. The molecule has 0 saturated carbocycles. The predicted molar refractivity (Wildman–Crippen MR) is 115 cm³/mol. The molecule has 0 aliphatic carbocycles. The molecule has 3 rings (SSSR count). The van der Waals surface area contributed by atoms with Crippen molar-refractivity contribution >= 4 is 21.7 Å². The highest BCUT2D eigenvalue weighted by atomic mass is 32.2. The van der Waals surface area contributed by atoms with E-state index in [1.54, 1.807) is 20.8 Å². The van der Waals surface area contributed by atoms with Gasteiger partial charge in [0.25, 0.3) is 10.0 Å². The van der Waals surface area contributed by atoms with Crippen LogP contribution >= 0.6 is 0 Å². The zero-order chi connectivity index (χ0) is 25.5. The lowest BCUT2D eigenvalue weighted by Crippen LogP contribution is -2.57.